The van der Waals surface area contributed by atoms with Crippen LogP contribution in [0.3, 0.4) is 0 Å². The van der Waals surface area contributed by atoms with Crippen molar-refractivity contribution >= 4 is 6.09 Å². The molecule has 1 rings (SSSR count). The number of hydrogen-bond acceptors (Lipinski definition) is 5. The summed E-state index contributed by atoms with van der Waals surface area (Å²) in [4.78, 5) is 13.5. The van der Waals surface area contributed by atoms with Gasteiger partial charge in [0.25, 0.3) is 0 Å². The minimum Gasteiger partial charge on any atom is -0.444 e. The fourth-order valence-corrected chi connectivity index (χ4v) is 1.65. The first kappa shape index (κ1) is 15.7. The first-order valence-corrected chi connectivity index (χ1v) is 6.46. The van der Waals surface area contributed by atoms with Crippen LogP contribution in [0, 0.1) is 11.3 Å². The van der Waals surface area contributed by atoms with Gasteiger partial charge in [-0.15, -0.1) is 0 Å². The monoisotopic (exact) mass is 270 g/mol. The van der Waals surface area contributed by atoms with E-state index in [9.17, 15) is 4.79 Å². The van der Waals surface area contributed by atoms with Crippen molar-refractivity contribution in [3.8, 4) is 6.07 Å². The highest BCUT2D eigenvalue weighted by Crippen LogP contribution is 2.13. The van der Waals surface area contributed by atoms with Crippen LogP contribution in [0.2, 0.25) is 0 Å². The van der Waals surface area contributed by atoms with Crippen LogP contribution in [-0.4, -0.2) is 55.6 Å². The topological polar surface area (TPSA) is 71.8 Å². The van der Waals surface area contributed by atoms with Gasteiger partial charge in [-0.3, -0.25) is 0 Å². The highest BCUT2D eigenvalue weighted by atomic mass is 16.6. The first-order valence-electron chi connectivity index (χ1n) is 6.46. The lowest BCUT2D eigenvalue weighted by Crippen LogP contribution is -2.48. The summed E-state index contributed by atoms with van der Waals surface area (Å²) in [6, 6.07) is 2.01. The fraction of sp³-hybridized carbons (Fsp3) is 0.846. The zero-order valence-corrected chi connectivity index (χ0v) is 11.8. The van der Waals surface area contributed by atoms with E-state index in [2.05, 4.69) is 0 Å². The Balaban J connectivity index is 2.33. The van der Waals surface area contributed by atoms with E-state index in [0.717, 1.165) is 0 Å². The highest BCUT2D eigenvalue weighted by Gasteiger charge is 2.28. The Kier molecular flexibility index (Phi) is 6.06. The molecule has 1 heterocycles. The molecular weight excluding hydrogens is 248 g/mol. The van der Waals surface area contributed by atoms with Crippen molar-refractivity contribution in [1.29, 1.82) is 5.26 Å². The van der Waals surface area contributed by atoms with E-state index < -0.39 is 5.60 Å². The summed E-state index contributed by atoms with van der Waals surface area (Å²) in [6.45, 7) is 7.77. The molecule has 1 amide bonds. The van der Waals surface area contributed by atoms with Gasteiger partial charge in [0, 0.05) is 6.54 Å². The summed E-state index contributed by atoms with van der Waals surface area (Å²) in [5, 5.41) is 8.40. The van der Waals surface area contributed by atoms with Crippen LogP contribution in [0.4, 0.5) is 4.79 Å². The average molecular weight is 270 g/mol. The number of carbonyl (C=O) groups excluding carboxylic acids is 1. The van der Waals surface area contributed by atoms with Gasteiger partial charge in [-0.05, 0) is 20.8 Å². The Bertz CT molecular complexity index is 333. The minimum absolute atomic E-state index is 0.153. The second-order valence-electron chi connectivity index (χ2n) is 5.40. The van der Waals surface area contributed by atoms with Crippen LogP contribution in [0.1, 0.15) is 27.2 Å². The third-order valence-electron chi connectivity index (χ3n) is 2.45. The van der Waals surface area contributed by atoms with Gasteiger partial charge < -0.3 is 19.1 Å². The van der Waals surface area contributed by atoms with Crippen LogP contribution in [0.5, 0.6) is 0 Å². The van der Waals surface area contributed by atoms with Crippen LogP contribution in [0.25, 0.3) is 0 Å². The lowest BCUT2D eigenvalue weighted by molar-refractivity contribution is -0.0718. The van der Waals surface area contributed by atoms with Crippen LogP contribution in [-0.2, 0) is 14.2 Å². The van der Waals surface area contributed by atoms with E-state index in [4.69, 9.17) is 19.5 Å². The number of hydrogen-bond donors (Lipinski definition) is 0. The van der Waals surface area contributed by atoms with Crippen LogP contribution >= 0.6 is 0 Å². The van der Waals surface area contributed by atoms with Gasteiger partial charge in [-0.25, -0.2) is 4.79 Å². The molecule has 0 spiro atoms. The van der Waals surface area contributed by atoms with E-state index in [1.165, 1.54) is 0 Å². The predicted octanol–water partition coefficient (Wildman–Crippen LogP) is 1.55. The van der Waals surface area contributed by atoms with E-state index in [-0.39, 0.29) is 12.2 Å². The Hall–Kier alpha value is -1.32. The van der Waals surface area contributed by atoms with Gasteiger partial charge in [-0.2, -0.15) is 5.26 Å². The molecule has 1 aliphatic rings. The molecule has 1 saturated heterocycles. The maximum absolute atomic E-state index is 11.9. The average Bonchev–Trinajstić information content (AvgIpc) is 2.33. The molecule has 108 valence electrons. The number of amides is 1. The van der Waals surface area contributed by atoms with Crippen LogP contribution in [0.15, 0.2) is 0 Å². The van der Waals surface area contributed by atoms with E-state index in [1.807, 2.05) is 26.8 Å². The molecule has 0 saturated carbocycles. The molecule has 0 bridgehead atoms. The summed E-state index contributed by atoms with van der Waals surface area (Å²) in [7, 11) is 0. The number of nitriles is 1. The molecule has 0 aromatic heterocycles. The van der Waals surface area contributed by atoms with E-state index >= 15 is 0 Å². The molecule has 1 aliphatic heterocycles. The SMILES string of the molecule is CC(C)(C)OC(=O)N1CCO[C@@H](COCCC#N)C1. The molecule has 0 radical (unpaired) electrons. The number of rotatable bonds is 4. The smallest absolute Gasteiger partial charge is 0.410 e. The Morgan fingerprint density at radius 3 is 2.89 bits per heavy atom. The third kappa shape index (κ3) is 6.41. The van der Waals surface area contributed by atoms with Gasteiger partial charge in [0.2, 0.25) is 0 Å². The molecule has 1 fully saturated rings. The summed E-state index contributed by atoms with van der Waals surface area (Å²) >= 11 is 0. The lowest BCUT2D eigenvalue weighted by Gasteiger charge is -2.34. The molecule has 0 aromatic carbocycles. The molecule has 0 aliphatic carbocycles. The van der Waals surface area contributed by atoms with Gasteiger partial charge >= 0.3 is 6.09 Å². The zero-order valence-electron chi connectivity index (χ0n) is 11.8. The van der Waals surface area contributed by atoms with Gasteiger partial charge in [0.15, 0.2) is 0 Å². The molecule has 0 unspecified atom stereocenters. The van der Waals surface area contributed by atoms with E-state index in [1.54, 1.807) is 4.90 Å². The number of carbonyl (C=O) groups is 1. The molecule has 1 atom stereocenters. The molecule has 19 heavy (non-hydrogen) atoms. The maximum Gasteiger partial charge on any atom is 0.410 e. The van der Waals surface area contributed by atoms with Crippen molar-refractivity contribution < 1.29 is 19.0 Å². The van der Waals surface area contributed by atoms with Crippen molar-refractivity contribution in [2.45, 2.75) is 38.9 Å². The Morgan fingerprint density at radius 1 is 1.53 bits per heavy atom. The molecular formula is C13H22N2O4. The van der Waals surface area contributed by atoms with Crippen molar-refractivity contribution in [3.63, 3.8) is 0 Å². The lowest BCUT2D eigenvalue weighted by atomic mass is 10.2. The first-order chi connectivity index (χ1) is 8.92. The highest BCUT2D eigenvalue weighted by molar-refractivity contribution is 5.68. The minimum atomic E-state index is -0.492. The summed E-state index contributed by atoms with van der Waals surface area (Å²) in [5.41, 5.74) is -0.492. The van der Waals surface area contributed by atoms with Crippen molar-refractivity contribution in [3.05, 3.63) is 0 Å². The largest absolute Gasteiger partial charge is 0.444 e. The standard InChI is InChI=1S/C13H22N2O4/c1-13(2,3)19-12(16)15-6-8-18-11(9-15)10-17-7-4-5-14/h11H,4,6-10H2,1-3H3/t11-/m1/s1. The molecule has 6 nitrogen and oxygen atoms in total. The van der Waals surface area contributed by atoms with E-state index in [0.29, 0.717) is 39.3 Å². The molecule has 0 aromatic rings. The second-order valence-corrected chi connectivity index (χ2v) is 5.40. The number of nitrogens with zero attached hydrogens (tertiary/aromatic N) is 2. The van der Waals surface area contributed by atoms with Gasteiger partial charge in [-0.1, -0.05) is 0 Å². The quantitative estimate of drug-likeness (QED) is 0.725. The zero-order chi connectivity index (χ0) is 14.3. The normalized spacial score (nSPS) is 19.9. The second kappa shape index (κ2) is 7.31. The third-order valence-corrected chi connectivity index (χ3v) is 2.45. The maximum atomic E-state index is 11.9. The molecule has 6 heteroatoms. The van der Waals surface area contributed by atoms with Crippen molar-refractivity contribution in [2.75, 3.05) is 32.9 Å². The predicted molar refractivity (Wildman–Crippen MR) is 68.6 cm³/mol. The summed E-state index contributed by atoms with van der Waals surface area (Å²) < 4.78 is 16.1. The molecule has 0 N–H and O–H groups in total. The van der Waals surface area contributed by atoms with Crippen molar-refractivity contribution in [2.24, 2.45) is 0 Å². The number of ether oxygens (including phenoxy) is 3. The summed E-state index contributed by atoms with van der Waals surface area (Å²) in [5.74, 6) is 0. The summed E-state index contributed by atoms with van der Waals surface area (Å²) in [6.07, 6.45) is -0.111. The Morgan fingerprint density at radius 2 is 2.26 bits per heavy atom. The number of morpholine rings is 1. The van der Waals surface area contributed by atoms with Gasteiger partial charge in [0.1, 0.15) is 5.60 Å². The van der Waals surface area contributed by atoms with Crippen molar-refractivity contribution in [1.82, 2.24) is 4.90 Å². The van der Waals surface area contributed by atoms with Gasteiger partial charge in [0.05, 0.1) is 45.0 Å². The van der Waals surface area contributed by atoms with Crippen LogP contribution < -0.4 is 0 Å². The Labute approximate surface area is 114 Å². The fourth-order valence-electron chi connectivity index (χ4n) is 1.65.